The Hall–Kier alpha value is -3.13. The van der Waals surface area contributed by atoms with Gasteiger partial charge in [-0.1, -0.05) is 29.4 Å². The molecule has 1 fully saturated rings. The highest BCUT2D eigenvalue weighted by atomic mass is 32.1. The Morgan fingerprint density at radius 2 is 2.00 bits per heavy atom. The number of para-hydroxylation sites is 1. The van der Waals surface area contributed by atoms with Crippen LogP contribution in [-0.4, -0.2) is 35.0 Å². The summed E-state index contributed by atoms with van der Waals surface area (Å²) in [7, 11) is 0. The van der Waals surface area contributed by atoms with Gasteiger partial charge in [-0.25, -0.2) is 0 Å². The first-order chi connectivity index (χ1) is 14.7. The van der Waals surface area contributed by atoms with Crippen LogP contribution in [0.4, 0.5) is 0 Å². The summed E-state index contributed by atoms with van der Waals surface area (Å²) < 4.78 is 10.9. The van der Waals surface area contributed by atoms with Crippen molar-refractivity contribution >= 4 is 23.2 Å². The van der Waals surface area contributed by atoms with Gasteiger partial charge in [-0.3, -0.25) is 9.59 Å². The number of carbonyl (C=O) groups is 2. The maximum absolute atomic E-state index is 12.8. The minimum atomic E-state index is -0.250. The zero-order valence-electron chi connectivity index (χ0n) is 16.5. The lowest BCUT2D eigenvalue weighted by atomic mass is 10.3. The molecule has 2 amide bonds. The first-order valence-electron chi connectivity index (χ1n) is 9.89. The molecule has 2 aromatic heterocycles. The van der Waals surface area contributed by atoms with E-state index in [1.807, 2.05) is 35.7 Å². The van der Waals surface area contributed by atoms with Crippen molar-refractivity contribution in [3.8, 4) is 5.75 Å². The quantitative estimate of drug-likeness (QED) is 0.538. The van der Waals surface area contributed by atoms with Crippen LogP contribution in [0.1, 0.15) is 34.0 Å². The van der Waals surface area contributed by atoms with Gasteiger partial charge in [0.2, 0.25) is 0 Å². The molecule has 2 heterocycles. The first-order valence-corrected chi connectivity index (χ1v) is 10.8. The molecular formula is C22H23N3O4S. The van der Waals surface area contributed by atoms with E-state index in [1.54, 1.807) is 34.4 Å². The van der Waals surface area contributed by atoms with Gasteiger partial charge in [0, 0.05) is 17.5 Å². The van der Waals surface area contributed by atoms with E-state index in [0.717, 1.165) is 17.7 Å². The average molecular weight is 426 g/mol. The molecule has 0 saturated heterocycles. The molecule has 1 saturated carbocycles. The largest absolute Gasteiger partial charge is 0.484 e. The summed E-state index contributed by atoms with van der Waals surface area (Å²) >= 11 is 1.57. The number of nitrogens with one attached hydrogen (secondary N) is 1. The van der Waals surface area contributed by atoms with Crippen LogP contribution < -0.4 is 10.1 Å². The van der Waals surface area contributed by atoms with Crippen molar-refractivity contribution in [2.75, 3.05) is 13.2 Å². The van der Waals surface area contributed by atoms with Gasteiger partial charge in [0.25, 0.3) is 11.8 Å². The van der Waals surface area contributed by atoms with Crippen molar-refractivity contribution in [1.29, 1.82) is 0 Å². The van der Waals surface area contributed by atoms with Gasteiger partial charge >= 0.3 is 0 Å². The Morgan fingerprint density at radius 1 is 1.17 bits per heavy atom. The van der Waals surface area contributed by atoms with Gasteiger partial charge in [-0.15, -0.1) is 11.3 Å². The monoisotopic (exact) mass is 425 g/mol. The van der Waals surface area contributed by atoms with Crippen LogP contribution in [0, 0.1) is 5.92 Å². The predicted molar refractivity (Wildman–Crippen MR) is 112 cm³/mol. The molecule has 156 valence electrons. The van der Waals surface area contributed by atoms with E-state index in [9.17, 15) is 9.59 Å². The maximum Gasteiger partial charge on any atom is 0.273 e. The highest BCUT2D eigenvalue weighted by Gasteiger charge is 2.23. The van der Waals surface area contributed by atoms with Gasteiger partial charge < -0.3 is 19.5 Å². The summed E-state index contributed by atoms with van der Waals surface area (Å²) in [6.45, 7) is 1.22. The standard InChI is InChI=1S/C22H23N3O4S/c26-21(15-28-17-5-2-1-3-6-17)25(14-19-7-4-10-30-19)13-18-11-20(24-29-18)22(27)23-12-16-8-9-16/h1-7,10-11,16H,8-9,12-15H2,(H,23,27). The second-order valence-corrected chi connectivity index (χ2v) is 8.30. The molecule has 8 heteroatoms. The molecule has 7 nitrogen and oxygen atoms in total. The van der Waals surface area contributed by atoms with E-state index < -0.39 is 0 Å². The zero-order valence-corrected chi connectivity index (χ0v) is 17.3. The van der Waals surface area contributed by atoms with Crippen LogP contribution >= 0.6 is 11.3 Å². The number of aromatic nitrogens is 1. The molecule has 4 rings (SSSR count). The zero-order chi connectivity index (χ0) is 20.8. The van der Waals surface area contributed by atoms with E-state index in [0.29, 0.717) is 30.5 Å². The molecule has 1 aromatic carbocycles. The van der Waals surface area contributed by atoms with Crippen LogP contribution in [0.2, 0.25) is 0 Å². The fourth-order valence-electron chi connectivity index (χ4n) is 2.91. The normalized spacial score (nSPS) is 13.1. The lowest BCUT2D eigenvalue weighted by Gasteiger charge is -2.21. The summed E-state index contributed by atoms with van der Waals surface area (Å²) in [6.07, 6.45) is 2.32. The van der Waals surface area contributed by atoms with E-state index >= 15 is 0 Å². The molecule has 0 radical (unpaired) electrons. The molecule has 0 bridgehead atoms. The lowest BCUT2D eigenvalue weighted by molar-refractivity contribution is -0.134. The minimum absolute atomic E-state index is 0.0851. The Morgan fingerprint density at radius 3 is 2.73 bits per heavy atom. The van der Waals surface area contributed by atoms with Crippen molar-refractivity contribution in [3.63, 3.8) is 0 Å². The summed E-state index contributed by atoms with van der Waals surface area (Å²) in [5.41, 5.74) is 0.231. The second kappa shape index (κ2) is 9.58. The summed E-state index contributed by atoms with van der Waals surface area (Å²) in [5.74, 6) is 1.25. The Balaban J connectivity index is 1.39. The summed E-state index contributed by atoms with van der Waals surface area (Å²) in [4.78, 5) is 27.7. The van der Waals surface area contributed by atoms with Crippen molar-refractivity contribution in [2.45, 2.75) is 25.9 Å². The molecule has 0 aliphatic heterocycles. The highest BCUT2D eigenvalue weighted by Crippen LogP contribution is 2.27. The number of ether oxygens (including phenoxy) is 1. The van der Waals surface area contributed by atoms with Crippen molar-refractivity contribution in [3.05, 3.63) is 70.2 Å². The van der Waals surface area contributed by atoms with E-state index in [4.69, 9.17) is 9.26 Å². The SMILES string of the molecule is O=C(NCC1CC1)c1cc(CN(Cc2cccs2)C(=O)COc2ccccc2)on1. The van der Waals surface area contributed by atoms with Crippen LogP contribution in [0.15, 0.2) is 58.4 Å². The third kappa shape index (κ3) is 5.70. The molecule has 0 unspecified atom stereocenters. The van der Waals surface area contributed by atoms with Crippen molar-refractivity contribution in [1.82, 2.24) is 15.4 Å². The Kier molecular flexibility index (Phi) is 6.44. The number of thiophene rings is 1. The second-order valence-electron chi connectivity index (χ2n) is 7.26. The number of benzene rings is 1. The van der Waals surface area contributed by atoms with Crippen molar-refractivity contribution in [2.24, 2.45) is 5.92 Å². The molecule has 0 atom stereocenters. The average Bonchev–Trinajstić information content (AvgIpc) is 3.23. The van der Waals surface area contributed by atoms with Crippen LogP contribution in [-0.2, 0) is 17.9 Å². The van der Waals surface area contributed by atoms with E-state index in [1.165, 1.54) is 0 Å². The first kappa shape index (κ1) is 20.2. The van der Waals surface area contributed by atoms with Gasteiger partial charge in [-0.05, 0) is 42.3 Å². The number of carbonyl (C=O) groups excluding carboxylic acids is 2. The number of nitrogens with zero attached hydrogens (tertiary/aromatic N) is 2. The Bertz CT molecular complexity index is 967. The van der Waals surface area contributed by atoms with Crippen LogP contribution in [0.3, 0.4) is 0 Å². The molecule has 3 aromatic rings. The topological polar surface area (TPSA) is 84.7 Å². The van der Waals surface area contributed by atoms with Crippen LogP contribution in [0.5, 0.6) is 5.75 Å². The molecule has 30 heavy (non-hydrogen) atoms. The number of rotatable bonds is 10. The minimum Gasteiger partial charge on any atom is -0.484 e. The molecular weight excluding hydrogens is 402 g/mol. The molecule has 1 N–H and O–H groups in total. The van der Waals surface area contributed by atoms with Crippen molar-refractivity contribution < 1.29 is 18.8 Å². The third-order valence-corrected chi connectivity index (χ3v) is 5.63. The fourth-order valence-corrected chi connectivity index (χ4v) is 3.63. The Labute approximate surface area is 178 Å². The van der Waals surface area contributed by atoms with E-state index in [-0.39, 0.29) is 30.7 Å². The predicted octanol–water partition coefficient (Wildman–Crippen LogP) is 3.48. The number of hydrogen-bond donors (Lipinski definition) is 1. The summed E-state index contributed by atoms with van der Waals surface area (Å²) in [6, 6.07) is 14.7. The third-order valence-electron chi connectivity index (χ3n) is 4.77. The number of amides is 2. The maximum atomic E-state index is 12.8. The smallest absolute Gasteiger partial charge is 0.273 e. The highest BCUT2D eigenvalue weighted by molar-refractivity contribution is 7.09. The number of hydrogen-bond acceptors (Lipinski definition) is 6. The summed E-state index contributed by atoms with van der Waals surface area (Å²) in [5, 5.41) is 8.70. The van der Waals surface area contributed by atoms with Crippen LogP contribution in [0.25, 0.3) is 0 Å². The van der Waals surface area contributed by atoms with E-state index in [2.05, 4.69) is 10.5 Å². The molecule has 0 spiro atoms. The molecule has 1 aliphatic carbocycles. The van der Waals surface area contributed by atoms with Gasteiger partial charge in [-0.2, -0.15) is 0 Å². The molecule has 1 aliphatic rings. The van der Waals surface area contributed by atoms with Gasteiger partial charge in [0.05, 0.1) is 13.1 Å². The fraction of sp³-hybridized carbons (Fsp3) is 0.318. The van der Waals surface area contributed by atoms with Gasteiger partial charge in [0.15, 0.2) is 18.1 Å². The van der Waals surface area contributed by atoms with Gasteiger partial charge in [0.1, 0.15) is 5.75 Å². The lowest BCUT2D eigenvalue weighted by Crippen LogP contribution is -2.33.